The predicted molar refractivity (Wildman–Crippen MR) is 264 cm³/mol. The molecule has 4 heterocycles. The van der Waals surface area contributed by atoms with Crippen LogP contribution >= 0.6 is 0 Å². The number of furan rings is 1. The number of pyridine rings is 2. The zero-order chi connectivity index (χ0) is 49.9. The van der Waals surface area contributed by atoms with Crippen LogP contribution in [0.25, 0.3) is 72.6 Å². The maximum atomic E-state index is 8.61. The Kier molecular flexibility index (Phi) is 11.2. The summed E-state index contributed by atoms with van der Waals surface area (Å²) in [6.45, 7) is 12.2. The van der Waals surface area contributed by atoms with E-state index in [9.17, 15) is 0 Å². The van der Waals surface area contributed by atoms with Gasteiger partial charge in [0.2, 0.25) is 5.71 Å². The number of aromatic nitrogens is 4. The summed E-state index contributed by atoms with van der Waals surface area (Å²) < 4.78 is 65.2. The first-order valence-electron chi connectivity index (χ1n) is 24.9. The largest absolute Gasteiger partial charge is 0 e. The first kappa shape index (κ1) is 37.3. The van der Waals surface area contributed by atoms with E-state index < -0.39 is 26.5 Å². The zero-order valence-corrected chi connectivity index (χ0v) is 42.1. The average molecular weight is 1070 g/mol. The normalized spacial score (nSPS) is 13.8. The molecule has 5 nitrogen and oxygen atoms in total. The standard InChI is InChI=1S/C37H32N3O.C19H26GeN.Ir/c1-22(2)29-20-27(25-11-7-6-8-12-25)21-30(23(3)4)35(29)40-33-14-10-9-13-32(33)39-36(40)26-16-18-34-31(19-26)28-17-15-24(5)38-37(28)41-34;1-14(2)11-17-12-19(16-9-7-15(3)8-10-16)21-13-18(17)20(4,5)6;/h6-15,17-23H,1-5H3;7-9,12-14H,11H2,1-6H3;/q2*-1;/i;3D3,7D,8D,11D2;. The Labute approximate surface area is 400 Å². The van der Waals surface area contributed by atoms with Crippen LogP contribution in [0.4, 0.5) is 0 Å². The van der Waals surface area contributed by atoms with E-state index in [2.05, 4.69) is 150 Å². The van der Waals surface area contributed by atoms with Crippen molar-refractivity contribution in [3.05, 3.63) is 161 Å². The molecule has 323 valence electrons. The quantitative estimate of drug-likeness (QED) is 0.107. The van der Waals surface area contributed by atoms with Crippen LogP contribution in [0.1, 0.15) is 90.9 Å². The van der Waals surface area contributed by atoms with Gasteiger partial charge in [0.05, 0.1) is 22.4 Å². The van der Waals surface area contributed by atoms with Crippen molar-refractivity contribution in [2.24, 2.45) is 5.92 Å². The number of para-hydroxylation sites is 2. The number of hydrogen-bond donors (Lipinski definition) is 0. The maximum absolute atomic E-state index is 8.61. The Bertz CT molecular complexity index is 3320. The second kappa shape index (κ2) is 18.9. The molecule has 0 aliphatic carbocycles. The smallest absolute Gasteiger partial charge is 0 e. The summed E-state index contributed by atoms with van der Waals surface area (Å²) in [5.41, 5.74) is 12.6. The first-order chi connectivity index (χ1) is 32.4. The van der Waals surface area contributed by atoms with Gasteiger partial charge < -0.3 is 8.98 Å². The van der Waals surface area contributed by atoms with Crippen LogP contribution in [-0.4, -0.2) is 32.8 Å². The van der Waals surface area contributed by atoms with Crippen molar-refractivity contribution in [2.75, 3.05) is 0 Å². The summed E-state index contributed by atoms with van der Waals surface area (Å²) in [5, 5.41) is 2.02. The van der Waals surface area contributed by atoms with Crippen molar-refractivity contribution in [1.29, 1.82) is 0 Å². The Balaban J connectivity index is 0.000000220. The van der Waals surface area contributed by atoms with E-state index in [1.807, 2.05) is 32.9 Å². The Morgan fingerprint density at radius 1 is 0.794 bits per heavy atom. The van der Waals surface area contributed by atoms with Gasteiger partial charge in [0.1, 0.15) is 0 Å². The van der Waals surface area contributed by atoms with E-state index in [0.29, 0.717) is 34.4 Å². The molecular formula is C56H58GeIrN4O-2. The molecule has 1 radical (unpaired) electrons. The van der Waals surface area contributed by atoms with E-state index in [4.69, 9.17) is 19.0 Å². The molecule has 0 fully saturated rings. The molecule has 0 saturated heterocycles. The molecule has 7 heteroatoms. The summed E-state index contributed by atoms with van der Waals surface area (Å²) in [7, 11) is 0. The molecular weight excluding hydrogens is 1010 g/mol. The predicted octanol–water partition coefficient (Wildman–Crippen LogP) is 14.6. The molecule has 63 heavy (non-hydrogen) atoms. The van der Waals surface area contributed by atoms with Crippen molar-refractivity contribution in [1.82, 2.24) is 19.5 Å². The van der Waals surface area contributed by atoms with Gasteiger partial charge in [0.25, 0.3) is 0 Å². The summed E-state index contributed by atoms with van der Waals surface area (Å²) in [6.07, 6.45) is 0.154. The summed E-state index contributed by atoms with van der Waals surface area (Å²) >= 11 is -2.42. The fraction of sp³-hybridized carbons (Fsp3) is 0.268. The van der Waals surface area contributed by atoms with E-state index >= 15 is 0 Å². The fourth-order valence-corrected chi connectivity index (χ4v) is 10.9. The molecule has 5 aromatic carbocycles. The van der Waals surface area contributed by atoms with Crippen molar-refractivity contribution in [3.63, 3.8) is 0 Å². The molecule has 0 atom stereocenters. The molecule has 0 aliphatic rings. The molecule has 9 rings (SSSR count). The number of hydrogen-bond acceptors (Lipinski definition) is 4. The van der Waals surface area contributed by atoms with Crippen LogP contribution in [0.15, 0.2) is 126 Å². The molecule has 4 aromatic heterocycles. The van der Waals surface area contributed by atoms with Crippen LogP contribution in [0.3, 0.4) is 0 Å². The van der Waals surface area contributed by atoms with Gasteiger partial charge in [-0.3, -0.25) is 4.98 Å². The topological polar surface area (TPSA) is 56.7 Å². The minimum Gasteiger partial charge on any atom is 0 e. The number of imidazole rings is 1. The molecule has 0 amide bonds. The van der Waals surface area contributed by atoms with Gasteiger partial charge in [-0.2, -0.15) is 0 Å². The van der Waals surface area contributed by atoms with Crippen LogP contribution in [0.2, 0.25) is 17.3 Å². The monoisotopic (exact) mass is 1080 g/mol. The third kappa shape index (κ3) is 9.70. The molecule has 0 aliphatic heterocycles. The van der Waals surface area contributed by atoms with Crippen molar-refractivity contribution in [2.45, 2.75) is 90.8 Å². The first-order valence-corrected chi connectivity index (χ1v) is 28.8. The van der Waals surface area contributed by atoms with Crippen LogP contribution in [-0.2, 0) is 26.5 Å². The minimum absolute atomic E-state index is 0. The Hall–Kier alpha value is -5.14. The average Bonchev–Trinajstić information content (AvgIpc) is 3.85. The minimum atomic E-state index is -2.55. The van der Waals surface area contributed by atoms with E-state index in [1.165, 1.54) is 34.0 Å². The van der Waals surface area contributed by atoms with E-state index in [-0.39, 0.29) is 43.7 Å². The second-order valence-corrected chi connectivity index (χ2v) is 28.5. The van der Waals surface area contributed by atoms with Gasteiger partial charge in [0.15, 0.2) is 0 Å². The third-order valence-corrected chi connectivity index (χ3v) is 15.3. The maximum Gasteiger partial charge on any atom is 0 e. The number of rotatable bonds is 9. The zero-order valence-electron chi connectivity index (χ0n) is 44.7. The van der Waals surface area contributed by atoms with Crippen molar-refractivity contribution in [3.8, 4) is 39.5 Å². The van der Waals surface area contributed by atoms with Crippen LogP contribution in [0, 0.1) is 31.8 Å². The van der Waals surface area contributed by atoms with Crippen LogP contribution < -0.4 is 4.40 Å². The Morgan fingerprint density at radius 2 is 1.51 bits per heavy atom. The second-order valence-electron chi connectivity index (χ2n) is 18.0. The van der Waals surface area contributed by atoms with Crippen molar-refractivity contribution >= 4 is 50.8 Å². The molecule has 0 saturated carbocycles. The number of aryl methyl sites for hydroxylation is 1. The number of benzene rings is 5. The molecule has 0 spiro atoms. The van der Waals surface area contributed by atoms with Gasteiger partial charge in [-0.25, -0.2) is 4.98 Å². The van der Waals surface area contributed by atoms with Crippen molar-refractivity contribution < 1.29 is 34.1 Å². The van der Waals surface area contributed by atoms with Gasteiger partial charge >= 0.3 is 141 Å². The van der Waals surface area contributed by atoms with E-state index in [0.717, 1.165) is 48.9 Å². The third-order valence-electron chi connectivity index (χ3n) is 11.1. The molecule has 9 aromatic rings. The summed E-state index contributed by atoms with van der Waals surface area (Å²) in [4.78, 5) is 14.3. The van der Waals surface area contributed by atoms with Gasteiger partial charge in [-0.05, 0) is 77.4 Å². The molecule has 0 N–H and O–H groups in total. The fourth-order valence-electron chi connectivity index (χ4n) is 7.99. The van der Waals surface area contributed by atoms with Gasteiger partial charge in [0, 0.05) is 36.9 Å². The number of nitrogens with zero attached hydrogens (tertiary/aromatic N) is 4. The van der Waals surface area contributed by atoms with Gasteiger partial charge in [-0.1, -0.05) is 75.5 Å². The molecule has 0 bridgehead atoms. The Morgan fingerprint density at radius 3 is 2.17 bits per heavy atom. The number of fused-ring (bicyclic) bond motifs is 4. The molecule has 0 unspecified atom stereocenters. The SMILES string of the molecule is Cc1ccc2c(n1)oc1c[c-]c(-c3nc4ccccc4n3-c3c(C(C)C)cc(-c4ccccc4)cc3C(C)C)cc12.[2H]c1[c-]c(-c2cc(C([2H])([2H])C(C)C)[c]([Ge]([CH3])([CH3])[CH3])cn2)cc([2H])c1C([2H])([2H])[2H].[Ir]. The summed E-state index contributed by atoms with van der Waals surface area (Å²) in [6, 6.07) is 40.7. The van der Waals surface area contributed by atoms with E-state index in [1.54, 1.807) is 12.3 Å². The van der Waals surface area contributed by atoms with Gasteiger partial charge in [-0.15, -0.1) is 23.8 Å². The summed E-state index contributed by atoms with van der Waals surface area (Å²) in [5.74, 6) is 7.77. The van der Waals surface area contributed by atoms with Crippen LogP contribution in [0.5, 0.6) is 0 Å².